The first-order chi connectivity index (χ1) is 18.1. The van der Waals surface area contributed by atoms with Gasteiger partial charge in [-0.05, 0) is 30.7 Å². The summed E-state index contributed by atoms with van der Waals surface area (Å²) in [5.41, 5.74) is -0.481. The maximum atomic E-state index is 13.5. The molecule has 208 valence electrons. The molecule has 2 aliphatic rings. The summed E-state index contributed by atoms with van der Waals surface area (Å²) in [6, 6.07) is 6.49. The zero-order valence-electron chi connectivity index (χ0n) is 22.2. The second kappa shape index (κ2) is 13.0. The monoisotopic (exact) mass is 530 g/mol. The lowest BCUT2D eigenvalue weighted by molar-refractivity contribution is -0.140. The lowest BCUT2D eigenvalue weighted by atomic mass is 9.92. The molecule has 1 aromatic carbocycles. The number of likely N-dealkylation sites (tertiary alicyclic amines) is 1. The van der Waals surface area contributed by atoms with Gasteiger partial charge in [-0.25, -0.2) is 0 Å². The number of hydrogen-bond acceptors (Lipinski definition) is 7. The molecule has 2 fully saturated rings. The molecule has 0 radical (unpaired) electrons. The number of aliphatic hydroxyl groups is 1. The van der Waals surface area contributed by atoms with Gasteiger partial charge in [0.2, 0.25) is 23.6 Å². The number of rotatable bonds is 13. The third-order valence-corrected chi connectivity index (χ3v) is 6.82. The molecule has 0 aliphatic carbocycles. The van der Waals surface area contributed by atoms with Gasteiger partial charge in [0.15, 0.2) is 11.4 Å². The van der Waals surface area contributed by atoms with E-state index in [1.54, 1.807) is 0 Å². The quantitative estimate of drug-likeness (QED) is 0.255. The van der Waals surface area contributed by atoms with Crippen molar-refractivity contribution in [2.75, 3.05) is 26.3 Å². The molecule has 2 saturated heterocycles. The Bertz CT molecular complexity index is 1030. The molecular formula is C27H38N4O7. The van der Waals surface area contributed by atoms with E-state index >= 15 is 0 Å². The van der Waals surface area contributed by atoms with Crippen molar-refractivity contribution < 1.29 is 33.8 Å². The minimum atomic E-state index is -1.29. The average molecular weight is 531 g/mol. The number of ketones is 1. The molecule has 0 bridgehead atoms. The minimum Gasteiger partial charge on any atom is -0.393 e. The average Bonchev–Trinajstić information content (AvgIpc) is 3.53. The largest absolute Gasteiger partial charge is 0.393 e. The number of carbonyl (C=O) groups is 5. The van der Waals surface area contributed by atoms with Crippen molar-refractivity contribution in [2.24, 2.45) is 5.92 Å². The number of epoxide rings is 1. The van der Waals surface area contributed by atoms with Crippen LogP contribution in [0.2, 0.25) is 0 Å². The third kappa shape index (κ3) is 7.61. The van der Waals surface area contributed by atoms with Crippen molar-refractivity contribution in [3.05, 3.63) is 35.9 Å². The summed E-state index contributed by atoms with van der Waals surface area (Å²) in [5.74, 6) is -2.05. The van der Waals surface area contributed by atoms with Gasteiger partial charge >= 0.3 is 0 Å². The number of amides is 4. The molecule has 4 atom stereocenters. The van der Waals surface area contributed by atoms with Gasteiger partial charge in [0.1, 0.15) is 12.1 Å². The number of carbonyl (C=O) groups excluding carboxylic acids is 5. The van der Waals surface area contributed by atoms with Crippen LogP contribution in [0.15, 0.2) is 30.3 Å². The van der Waals surface area contributed by atoms with Crippen molar-refractivity contribution in [1.82, 2.24) is 20.9 Å². The molecule has 38 heavy (non-hydrogen) atoms. The number of Topliss-reactive ketones (excluding diaryl/α,β-unsaturated/α-hetero) is 1. The van der Waals surface area contributed by atoms with Gasteiger partial charge in [0.25, 0.3) is 0 Å². The van der Waals surface area contributed by atoms with Crippen LogP contribution in [0.5, 0.6) is 0 Å². The summed E-state index contributed by atoms with van der Waals surface area (Å²) in [7, 11) is 0. The first-order valence-corrected chi connectivity index (χ1v) is 13.0. The topological polar surface area (TPSA) is 157 Å². The van der Waals surface area contributed by atoms with Crippen LogP contribution in [-0.2, 0) is 35.1 Å². The molecule has 11 nitrogen and oxygen atoms in total. The second-order valence-corrected chi connectivity index (χ2v) is 10.4. The van der Waals surface area contributed by atoms with Crippen LogP contribution in [0.1, 0.15) is 45.6 Å². The van der Waals surface area contributed by atoms with Crippen molar-refractivity contribution in [1.29, 1.82) is 0 Å². The molecule has 3 rings (SSSR count). The van der Waals surface area contributed by atoms with E-state index < -0.39 is 47.9 Å². The molecule has 0 unspecified atom stereocenters. The van der Waals surface area contributed by atoms with Crippen molar-refractivity contribution in [3.8, 4) is 0 Å². The van der Waals surface area contributed by atoms with Crippen LogP contribution in [0.3, 0.4) is 0 Å². The molecule has 0 spiro atoms. The van der Waals surface area contributed by atoms with Crippen LogP contribution in [0.25, 0.3) is 0 Å². The first kappa shape index (κ1) is 29.2. The Hall–Kier alpha value is -3.31. The molecule has 1 aromatic rings. The van der Waals surface area contributed by atoms with E-state index in [0.29, 0.717) is 25.8 Å². The predicted molar refractivity (Wildman–Crippen MR) is 138 cm³/mol. The second-order valence-electron chi connectivity index (χ2n) is 10.4. The summed E-state index contributed by atoms with van der Waals surface area (Å²) < 4.78 is 5.22. The molecule has 0 aromatic heterocycles. The minimum absolute atomic E-state index is 0.0718. The Balaban J connectivity index is 1.76. The number of aliphatic hydroxyl groups excluding tert-OH is 1. The molecule has 2 heterocycles. The fourth-order valence-electron chi connectivity index (χ4n) is 4.66. The zero-order chi connectivity index (χ0) is 27.9. The maximum Gasteiger partial charge on any atom is 0.243 e. The van der Waals surface area contributed by atoms with E-state index in [9.17, 15) is 29.1 Å². The number of nitrogens with zero attached hydrogens (tertiary/aromatic N) is 1. The Kier molecular flexibility index (Phi) is 9.98. The lowest BCUT2D eigenvalue weighted by Gasteiger charge is -2.28. The maximum absolute atomic E-state index is 13.5. The highest BCUT2D eigenvalue weighted by Crippen LogP contribution is 2.30. The van der Waals surface area contributed by atoms with E-state index in [1.807, 2.05) is 44.2 Å². The van der Waals surface area contributed by atoms with Gasteiger partial charge < -0.3 is 30.7 Å². The summed E-state index contributed by atoms with van der Waals surface area (Å²) in [6.45, 7) is 4.94. The molecule has 4 N–H and O–H groups in total. The van der Waals surface area contributed by atoms with E-state index in [-0.39, 0.29) is 37.3 Å². The van der Waals surface area contributed by atoms with Crippen molar-refractivity contribution in [3.63, 3.8) is 0 Å². The standard InChI is InChI=1S/C27H38N4O7/c1-17(2)12-20(24(35)27(15-32)16-38-27)29-25(36)21(13-19-8-5-4-6-9-19)30-26(37)22-10-7-11-31(22)23(34)14-28-18(3)33/h4-6,8-9,17,20-22,32H,7,10-16H2,1-3H3,(H,28,33)(H,29,36)(H,30,37)/t20-,21-,22-,27+/m0/s1. The summed E-state index contributed by atoms with van der Waals surface area (Å²) in [5, 5.41) is 17.7. The highest BCUT2D eigenvalue weighted by atomic mass is 16.6. The van der Waals surface area contributed by atoms with Crippen molar-refractivity contribution in [2.45, 2.75) is 70.2 Å². The Morgan fingerprint density at radius 1 is 1.11 bits per heavy atom. The SMILES string of the molecule is CC(=O)NCC(=O)N1CCC[C@H]1C(=O)N[C@@H](Cc1ccccc1)C(=O)N[C@@H](CC(C)C)C(=O)[C@@]1(CO)CO1. The smallest absolute Gasteiger partial charge is 0.243 e. The number of ether oxygens (including phenoxy) is 1. The van der Waals surface area contributed by atoms with Crippen molar-refractivity contribution >= 4 is 29.4 Å². The van der Waals surface area contributed by atoms with Gasteiger partial charge in [-0.3, -0.25) is 24.0 Å². The number of nitrogens with one attached hydrogen (secondary N) is 3. The fraction of sp³-hybridized carbons (Fsp3) is 0.593. The molecule has 0 saturated carbocycles. The van der Waals surface area contributed by atoms with Crippen LogP contribution in [-0.4, -0.2) is 89.4 Å². The van der Waals surface area contributed by atoms with Crippen LogP contribution < -0.4 is 16.0 Å². The predicted octanol–water partition coefficient (Wildman–Crippen LogP) is -0.298. The zero-order valence-corrected chi connectivity index (χ0v) is 22.2. The van der Waals surface area contributed by atoms with Crippen LogP contribution in [0, 0.1) is 5.92 Å². The number of hydrogen-bond donors (Lipinski definition) is 4. The van der Waals surface area contributed by atoms with Gasteiger partial charge in [-0.2, -0.15) is 0 Å². The third-order valence-electron chi connectivity index (χ3n) is 6.82. The van der Waals surface area contributed by atoms with Gasteiger partial charge in [0, 0.05) is 19.9 Å². The summed E-state index contributed by atoms with van der Waals surface area (Å²) >= 11 is 0. The highest BCUT2D eigenvalue weighted by molar-refractivity contribution is 5.99. The molecule has 4 amide bonds. The van der Waals surface area contributed by atoms with E-state index in [1.165, 1.54) is 11.8 Å². The van der Waals surface area contributed by atoms with Gasteiger partial charge in [-0.1, -0.05) is 44.2 Å². The highest BCUT2D eigenvalue weighted by Gasteiger charge is 2.54. The molecule has 2 aliphatic heterocycles. The Labute approximate surface area is 222 Å². The Morgan fingerprint density at radius 3 is 2.37 bits per heavy atom. The number of benzene rings is 1. The Morgan fingerprint density at radius 2 is 1.79 bits per heavy atom. The van der Waals surface area contributed by atoms with Crippen LogP contribution >= 0.6 is 0 Å². The molecular weight excluding hydrogens is 492 g/mol. The van der Waals surface area contributed by atoms with Gasteiger partial charge in [0.05, 0.1) is 25.8 Å². The summed E-state index contributed by atoms with van der Waals surface area (Å²) in [4.78, 5) is 65.2. The fourth-order valence-corrected chi connectivity index (χ4v) is 4.66. The summed E-state index contributed by atoms with van der Waals surface area (Å²) in [6.07, 6.45) is 1.57. The lowest BCUT2D eigenvalue weighted by Crippen LogP contribution is -2.57. The van der Waals surface area contributed by atoms with Crippen LogP contribution in [0.4, 0.5) is 0 Å². The molecule has 11 heteroatoms. The van der Waals surface area contributed by atoms with E-state index in [0.717, 1.165) is 5.56 Å². The normalized spacial score (nSPS) is 21.9. The first-order valence-electron chi connectivity index (χ1n) is 13.0. The van der Waals surface area contributed by atoms with E-state index in [4.69, 9.17) is 4.74 Å². The van der Waals surface area contributed by atoms with Gasteiger partial charge in [-0.15, -0.1) is 0 Å². The van der Waals surface area contributed by atoms with E-state index in [2.05, 4.69) is 16.0 Å².